The number of likely N-dealkylation sites (tertiary alicyclic amines) is 1. The van der Waals surface area contributed by atoms with Gasteiger partial charge in [-0.2, -0.15) is 0 Å². The maximum absolute atomic E-state index is 11.8. The predicted octanol–water partition coefficient (Wildman–Crippen LogP) is 1.84. The third-order valence-corrected chi connectivity index (χ3v) is 3.92. The van der Waals surface area contributed by atoms with Crippen LogP contribution < -0.4 is 0 Å². The molecule has 4 nitrogen and oxygen atoms in total. The van der Waals surface area contributed by atoms with E-state index >= 15 is 0 Å². The number of rotatable bonds is 6. The van der Waals surface area contributed by atoms with E-state index in [4.69, 9.17) is 5.11 Å². The molecule has 1 atom stereocenters. The van der Waals surface area contributed by atoms with Crippen molar-refractivity contribution in [1.82, 2.24) is 4.90 Å². The first kappa shape index (κ1) is 14.4. The Balaban J connectivity index is 2.28. The fourth-order valence-corrected chi connectivity index (χ4v) is 2.89. The molecule has 0 bridgehead atoms. The van der Waals surface area contributed by atoms with Gasteiger partial charge in [0, 0.05) is 13.1 Å². The van der Waals surface area contributed by atoms with Crippen LogP contribution in [0.15, 0.2) is 0 Å². The summed E-state index contributed by atoms with van der Waals surface area (Å²) in [5.74, 6) is 0.188. The molecule has 0 aromatic carbocycles. The normalized spacial score (nSPS) is 20.3. The molecule has 1 N–H and O–H groups in total. The van der Waals surface area contributed by atoms with Crippen molar-refractivity contribution in [3.63, 3.8) is 0 Å². The number of amides is 1. The van der Waals surface area contributed by atoms with Crippen LogP contribution in [0, 0.1) is 5.92 Å². The minimum absolute atomic E-state index is 0.0119. The minimum Gasteiger partial charge on any atom is -0.481 e. The molecule has 98 valence electrons. The summed E-state index contributed by atoms with van der Waals surface area (Å²) in [7, 11) is 0. The smallest absolute Gasteiger partial charge is 0.313 e. The molecule has 1 amide bonds. The Bertz CT molecular complexity index is 268. The summed E-state index contributed by atoms with van der Waals surface area (Å²) in [6.45, 7) is 3.87. The SMILES string of the molecule is CCCC1CCCN(C(=O)CSCC(=O)O)C1. The van der Waals surface area contributed by atoms with Crippen LogP contribution >= 0.6 is 11.8 Å². The molecule has 0 aliphatic carbocycles. The molecule has 1 heterocycles. The number of carbonyl (C=O) groups is 2. The van der Waals surface area contributed by atoms with Crippen molar-refractivity contribution in [2.24, 2.45) is 5.92 Å². The largest absolute Gasteiger partial charge is 0.481 e. The molecule has 1 rings (SSSR count). The number of aliphatic carboxylic acids is 1. The van der Waals surface area contributed by atoms with Gasteiger partial charge in [-0.3, -0.25) is 9.59 Å². The summed E-state index contributed by atoms with van der Waals surface area (Å²) >= 11 is 1.19. The molecule has 0 radical (unpaired) electrons. The van der Waals surface area contributed by atoms with E-state index in [2.05, 4.69) is 6.92 Å². The number of carbonyl (C=O) groups excluding carboxylic acids is 1. The number of carboxylic acids is 1. The lowest BCUT2D eigenvalue weighted by Crippen LogP contribution is -2.40. The van der Waals surface area contributed by atoms with Crippen LogP contribution in [-0.2, 0) is 9.59 Å². The van der Waals surface area contributed by atoms with Crippen molar-refractivity contribution in [3.8, 4) is 0 Å². The van der Waals surface area contributed by atoms with Crippen LogP contribution in [0.2, 0.25) is 0 Å². The highest BCUT2D eigenvalue weighted by Crippen LogP contribution is 2.21. The van der Waals surface area contributed by atoms with E-state index in [-0.39, 0.29) is 11.7 Å². The average molecular weight is 259 g/mol. The number of thioether (sulfide) groups is 1. The lowest BCUT2D eigenvalue weighted by atomic mass is 9.94. The zero-order chi connectivity index (χ0) is 12.7. The van der Waals surface area contributed by atoms with Gasteiger partial charge in [-0.15, -0.1) is 11.8 Å². The summed E-state index contributed by atoms with van der Waals surface area (Å²) in [6.07, 6.45) is 4.66. The quantitative estimate of drug-likeness (QED) is 0.791. The molecule has 1 fully saturated rings. The molecule has 1 aliphatic heterocycles. The van der Waals surface area contributed by atoms with Gasteiger partial charge in [-0.05, 0) is 25.2 Å². The topological polar surface area (TPSA) is 57.6 Å². The molecule has 17 heavy (non-hydrogen) atoms. The number of nitrogens with zero attached hydrogens (tertiary/aromatic N) is 1. The number of carboxylic acid groups (broad SMARTS) is 1. The molecular formula is C12H21NO3S. The van der Waals surface area contributed by atoms with Crippen LogP contribution in [0.25, 0.3) is 0 Å². The van der Waals surface area contributed by atoms with E-state index in [1.54, 1.807) is 0 Å². The highest BCUT2D eigenvalue weighted by atomic mass is 32.2. The van der Waals surface area contributed by atoms with Gasteiger partial charge >= 0.3 is 5.97 Å². The summed E-state index contributed by atoms with van der Waals surface area (Å²) < 4.78 is 0. The maximum atomic E-state index is 11.8. The number of hydrogen-bond donors (Lipinski definition) is 1. The third kappa shape index (κ3) is 5.44. The Kier molecular flexibility index (Phi) is 6.40. The first-order valence-electron chi connectivity index (χ1n) is 6.20. The molecule has 5 heteroatoms. The van der Waals surface area contributed by atoms with E-state index in [9.17, 15) is 9.59 Å². The van der Waals surface area contributed by atoms with Gasteiger partial charge < -0.3 is 10.0 Å². The highest BCUT2D eigenvalue weighted by molar-refractivity contribution is 8.00. The first-order valence-corrected chi connectivity index (χ1v) is 7.36. The summed E-state index contributed by atoms with van der Waals surface area (Å²) in [5.41, 5.74) is 0. The second kappa shape index (κ2) is 7.58. The second-order valence-corrected chi connectivity index (χ2v) is 5.51. The van der Waals surface area contributed by atoms with Gasteiger partial charge in [0.25, 0.3) is 0 Å². The van der Waals surface area contributed by atoms with Crippen LogP contribution in [0.1, 0.15) is 32.6 Å². The Labute approximate surface area is 107 Å². The zero-order valence-electron chi connectivity index (χ0n) is 10.4. The van der Waals surface area contributed by atoms with Crippen LogP contribution in [0.5, 0.6) is 0 Å². The summed E-state index contributed by atoms with van der Waals surface area (Å²) in [5, 5.41) is 8.50. The molecule has 1 unspecified atom stereocenters. The van der Waals surface area contributed by atoms with Crippen LogP contribution in [0.3, 0.4) is 0 Å². The van der Waals surface area contributed by atoms with E-state index in [0.717, 1.165) is 19.5 Å². The molecule has 1 saturated heterocycles. The second-order valence-electron chi connectivity index (χ2n) is 4.52. The standard InChI is InChI=1S/C12H21NO3S/c1-2-4-10-5-3-6-13(7-10)11(14)8-17-9-12(15)16/h10H,2-9H2,1H3,(H,15,16). The van der Waals surface area contributed by atoms with Gasteiger partial charge in [0.1, 0.15) is 0 Å². The average Bonchev–Trinajstić information content (AvgIpc) is 2.29. The van der Waals surface area contributed by atoms with Crippen molar-refractivity contribution in [1.29, 1.82) is 0 Å². The van der Waals surface area contributed by atoms with Crippen LogP contribution in [0.4, 0.5) is 0 Å². The number of piperidine rings is 1. The van der Waals surface area contributed by atoms with Crippen molar-refractivity contribution >= 4 is 23.6 Å². The van der Waals surface area contributed by atoms with Gasteiger partial charge in [0.15, 0.2) is 0 Å². The van der Waals surface area contributed by atoms with Gasteiger partial charge in [0.05, 0.1) is 11.5 Å². The fraction of sp³-hybridized carbons (Fsp3) is 0.833. The highest BCUT2D eigenvalue weighted by Gasteiger charge is 2.22. The van der Waals surface area contributed by atoms with E-state index < -0.39 is 5.97 Å². The lowest BCUT2D eigenvalue weighted by molar-refractivity contribution is -0.133. The zero-order valence-corrected chi connectivity index (χ0v) is 11.2. The number of hydrogen-bond acceptors (Lipinski definition) is 3. The Morgan fingerprint density at radius 1 is 1.41 bits per heavy atom. The lowest BCUT2D eigenvalue weighted by Gasteiger charge is -2.32. The van der Waals surface area contributed by atoms with Crippen LogP contribution in [-0.4, -0.2) is 46.5 Å². The predicted molar refractivity (Wildman–Crippen MR) is 69.2 cm³/mol. The van der Waals surface area contributed by atoms with Crippen molar-refractivity contribution < 1.29 is 14.7 Å². The molecule has 0 aromatic heterocycles. The molecule has 1 aliphatic rings. The monoisotopic (exact) mass is 259 g/mol. The van der Waals surface area contributed by atoms with E-state index in [1.165, 1.54) is 31.0 Å². The molecule has 0 spiro atoms. The van der Waals surface area contributed by atoms with E-state index in [0.29, 0.717) is 11.7 Å². The fourth-order valence-electron chi connectivity index (χ4n) is 2.25. The minimum atomic E-state index is -0.856. The van der Waals surface area contributed by atoms with Crippen molar-refractivity contribution in [3.05, 3.63) is 0 Å². The van der Waals surface area contributed by atoms with Gasteiger partial charge in [0.2, 0.25) is 5.91 Å². The Hall–Kier alpha value is -0.710. The Morgan fingerprint density at radius 3 is 2.82 bits per heavy atom. The Morgan fingerprint density at radius 2 is 2.18 bits per heavy atom. The maximum Gasteiger partial charge on any atom is 0.313 e. The molecule has 0 saturated carbocycles. The van der Waals surface area contributed by atoms with Crippen molar-refractivity contribution in [2.75, 3.05) is 24.6 Å². The van der Waals surface area contributed by atoms with Crippen molar-refractivity contribution in [2.45, 2.75) is 32.6 Å². The van der Waals surface area contributed by atoms with E-state index in [1.807, 2.05) is 4.90 Å². The molecule has 0 aromatic rings. The first-order chi connectivity index (χ1) is 8.13. The summed E-state index contributed by atoms with van der Waals surface area (Å²) in [4.78, 5) is 24.1. The third-order valence-electron chi connectivity index (χ3n) is 3.02. The van der Waals surface area contributed by atoms with Gasteiger partial charge in [-0.1, -0.05) is 13.3 Å². The summed E-state index contributed by atoms with van der Waals surface area (Å²) in [6, 6.07) is 0. The molecular weight excluding hydrogens is 238 g/mol. The van der Waals surface area contributed by atoms with Gasteiger partial charge in [-0.25, -0.2) is 0 Å².